The van der Waals surface area contributed by atoms with Crippen molar-refractivity contribution in [2.24, 2.45) is 5.92 Å². The molecule has 2 aliphatic rings. The molecule has 0 bridgehead atoms. The Hall–Kier alpha value is -0.570. The van der Waals surface area contributed by atoms with Gasteiger partial charge in [-0.15, -0.1) is 0 Å². The molecule has 3 heteroatoms. The molecule has 0 aromatic carbocycles. The minimum Gasteiger partial charge on any atom is -0.389 e. The zero-order chi connectivity index (χ0) is 13.0. The highest BCUT2D eigenvalue weighted by Crippen LogP contribution is 2.31. The Labute approximate surface area is 110 Å². The van der Waals surface area contributed by atoms with Gasteiger partial charge in [0, 0.05) is 6.04 Å². The lowest BCUT2D eigenvalue weighted by Gasteiger charge is -2.33. The van der Waals surface area contributed by atoms with Gasteiger partial charge in [0.1, 0.15) is 0 Å². The Morgan fingerprint density at radius 1 is 1.22 bits per heavy atom. The van der Waals surface area contributed by atoms with Crippen molar-refractivity contribution in [3.63, 3.8) is 0 Å². The summed E-state index contributed by atoms with van der Waals surface area (Å²) in [6, 6.07) is 0.341. The van der Waals surface area contributed by atoms with Crippen LogP contribution in [0.15, 0.2) is 0 Å². The smallest absolute Gasteiger partial charge is 0.223 e. The Kier molecular flexibility index (Phi) is 4.66. The summed E-state index contributed by atoms with van der Waals surface area (Å²) in [7, 11) is 0. The Bertz CT molecular complexity index is 284. The van der Waals surface area contributed by atoms with Crippen molar-refractivity contribution < 1.29 is 9.90 Å². The highest BCUT2D eigenvalue weighted by molar-refractivity contribution is 5.77. The van der Waals surface area contributed by atoms with Crippen LogP contribution in [-0.4, -0.2) is 22.7 Å². The third-order valence-corrected chi connectivity index (χ3v) is 4.58. The zero-order valence-electron chi connectivity index (χ0n) is 11.6. The van der Waals surface area contributed by atoms with E-state index in [2.05, 4.69) is 12.2 Å². The largest absolute Gasteiger partial charge is 0.389 e. The molecule has 2 saturated carbocycles. The quantitative estimate of drug-likeness (QED) is 0.812. The van der Waals surface area contributed by atoms with Crippen LogP contribution in [0.2, 0.25) is 0 Å². The fraction of sp³-hybridized carbons (Fsp3) is 0.933. The molecule has 0 saturated heterocycles. The molecule has 2 N–H and O–H groups in total. The zero-order valence-corrected chi connectivity index (χ0v) is 11.6. The second-order valence-corrected chi connectivity index (χ2v) is 6.50. The number of nitrogens with one attached hydrogen (secondary N) is 1. The number of hydrogen-bond donors (Lipinski definition) is 2. The number of rotatable bonds is 3. The number of amides is 1. The maximum Gasteiger partial charge on any atom is 0.223 e. The van der Waals surface area contributed by atoms with E-state index in [9.17, 15) is 9.90 Å². The Balaban J connectivity index is 1.77. The van der Waals surface area contributed by atoms with Crippen LogP contribution in [0.1, 0.15) is 71.1 Å². The Morgan fingerprint density at radius 3 is 2.61 bits per heavy atom. The molecule has 1 amide bonds. The van der Waals surface area contributed by atoms with Crippen molar-refractivity contribution in [1.82, 2.24) is 5.32 Å². The first-order valence-electron chi connectivity index (χ1n) is 7.59. The second kappa shape index (κ2) is 6.05. The predicted molar refractivity (Wildman–Crippen MR) is 72.2 cm³/mol. The van der Waals surface area contributed by atoms with Gasteiger partial charge in [0.15, 0.2) is 0 Å². The van der Waals surface area contributed by atoms with E-state index in [0.717, 1.165) is 44.4 Å². The van der Waals surface area contributed by atoms with E-state index >= 15 is 0 Å². The van der Waals surface area contributed by atoms with Crippen molar-refractivity contribution >= 4 is 5.91 Å². The Morgan fingerprint density at radius 2 is 1.94 bits per heavy atom. The fourth-order valence-corrected chi connectivity index (χ4v) is 3.53. The third-order valence-electron chi connectivity index (χ3n) is 4.58. The fourth-order valence-electron chi connectivity index (χ4n) is 3.53. The molecule has 2 atom stereocenters. The van der Waals surface area contributed by atoms with Crippen LogP contribution in [0.3, 0.4) is 0 Å². The van der Waals surface area contributed by atoms with Gasteiger partial charge in [0.2, 0.25) is 5.91 Å². The molecule has 0 radical (unpaired) electrons. The summed E-state index contributed by atoms with van der Waals surface area (Å²) in [5.74, 6) is 0.778. The van der Waals surface area contributed by atoms with Gasteiger partial charge in [-0.05, 0) is 31.6 Å². The highest BCUT2D eigenvalue weighted by atomic mass is 16.3. The summed E-state index contributed by atoms with van der Waals surface area (Å²) < 4.78 is 0. The molecule has 3 nitrogen and oxygen atoms in total. The average Bonchev–Trinajstić information content (AvgIpc) is 2.28. The number of hydrogen-bond acceptors (Lipinski definition) is 2. The molecule has 2 unspecified atom stereocenters. The van der Waals surface area contributed by atoms with Crippen LogP contribution in [0.4, 0.5) is 0 Å². The van der Waals surface area contributed by atoms with Gasteiger partial charge in [-0.2, -0.15) is 0 Å². The number of carbonyl (C=O) groups excluding carboxylic acids is 1. The van der Waals surface area contributed by atoms with Crippen molar-refractivity contribution in [3.8, 4) is 0 Å². The molecule has 104 valence electrons. The minimum absolute atomic E-state index is 0.0542. The predicted octanol–water partition coefficient (Wildman–Crippen LogP) is 2.77. The van der Waals surface area contributed by atoms with Gasteiger partial charge in [-0.25, -0.2) is 0 Å². The van der Waals surface area contributed by atoms with Crippen LogP contribution < -0.4 is 5.32 Å². The molecule has 2 aliphatic carbocycles. The van der Waals surface area contributed by atoms with Crippen LogP contribution in [0, 0.1) is 5.92 Å². The lowest BCUT2D eigenvalue weighted by atomic mass is 9.82. The first kappa shape index (κ1) is 13.9. The molecule has 0 aliphatic heterocycles. The van der Waals surface area contributed by atoms with E-state index < -0.39 is 5.60 Å². The van der Waals surface area contributed by atoms with E-state index in [1.54, 1.807) is 0 Å². The minimum atomic E-state index is -0.720. The summed E-state index contributed by atoms with van der Waals surface area (Å²) in [6.45, 7) is 2.26. The maximum atomic E-state index is 12.0. The highest BCUT2D eigenvalue weighted by Gasteiger charge is 2.32. The summed E-state index contributed by atoms with van der Waals surface area (Å²) >= 11 is 0. The van der Waals surface area contributed by atoms with Gasteiger partial charge >= 0.3 is 0 Å². The molecule has 0 aromatic heterocycles. The van der Waals surface area contributed by atoms with E-state index in [-0.39, 0.29) is 5.91 Å². The topological polar surface area (TPSA) is 49.3 Å². The summed E-state index contributed by atoms with van der Waals surface area (Å²) in [5, 5.41) is 13.5. The van der Waals surface area contributed by atoms with Gasteiger partial charge in [0.05, 0.1) is 12.0 Å². The third kappa shape index (κ3) is 3.98. The maximum absolute atomic E-state index is 12.0. The molecular formula is C15H27NO2. The molecule has 0 aromatic rings. The van der Waals surface area contributed by atoms with Gasteiger partial charge < -0.3 is 10.4 Å². The molecule has 2 rings (SSSR count). The van der Waals surface area contributed by atoms with Crippen molar-refractivity contribution in [2.75, 3.05) is 0 Å². The first-order chi connectivity index (χ1) is 8.57. The molecule has 0 spiro atoms. The number of aliphatic hydroxyl groups is 1. The second-order valence-electron chi connectivity index (χ2n) is 6.50. The number of carbonyl (C=O) groups is 1. The molecule has 0 heterocycles. The van der Waals surface area contributed by atoms with Crippen molar-refractivity contribution in [2.45, 2.75) is 82.8 Å². The molecular weight excluding hydrogens is 226 g/mol. The lowest BCUT2D eigenvalue weighted by Crippen LogP contribution is -2.43. The van der Waals surface area contributed by atoms with E-state index in [4.69, 9.17) is 0 Å². The van der Waals surface area contributed by atoms with Gasteiger partial charge in [0.25, 0.3) is 0 Å². The van der Waals surface area contributed by atoms with Crippen LogP contribution in [-0.2, 0) is 4.79 Å². The van der Waals surface area contributed by atoms with E-state index in [0.29, 0.717) is 12.5 Å². The lowest BCUT2D eigenvalue weighted by molar-refractivity contribution is -0.128. The summed E-state index contributed by atoms with van der Waals surface area (Å²) in [5.41, 5.74) is -0.720. The van der Waals surface area contributed by atoms with Crippen molar-refractivity contribution in [1.29, 1.82) is 0 Å². The van der Waals surface area contributed by atoms with Crippen LogP contribution in [0.25, 0.3) is 0 Å². The van der Waals surface area contributed by atoms with Gasteiger partial charge in [-0.3, -0.25) is 4.79 Å². The standard InChI is InChI=1S/C15H27NO2/c1-12-6-5-7-13(10-12)16-14(17)11-15(18)8-3-2-4-9-15/h12-13,18H,2-11H2,1H3,(H,16,17). The molecule has 2 fully saturated rings. The van der Waals surface area contributed by atoms with Gasteiger partial charge in [-0.1, -0.05) is 39.0 Å². The average molecular weight is 253 g/mol. The van der Waals surface area contributed by atoms with E-state index in [1.807, 2.05) is 0 Å². The summed E-state index contributed by atoms with van der Waals surface area (Å²) in [6.07, 6.45) is 9.92. The normalized spacial score (nSPS) is 31.9. The monoisotopic (exact) mass is 253 g/mol. The van der Waals surface area contributed by atoms with Crippen LogP contribution >= 0.6 is 0 Å². The van der Waals surface area contributed by atoms with Crippen molar-refractivity contribution in [3.05, 3.63) is 0 Å². The van der Waals surface area contributed by atoms with E-state index in [1.165, 1.54) is 19.3 Å². The molecule has 18 heavy (non-hydrogen) atoms. The SMILES string of the molecule is CC1CCCC(NC(=O)CC2(O)CCCCC2)C1. The summed E-state index contributed by atoms with van der Waals surface area (Å²) in [4.78, 5) is 12.0. The van der Waals surface area contributed by atoms with Crippen LogP contribution in [0.5, 0.6) is 0 Å². The first-order valence-corrected chi connectivity index (χ1v) is 7.59.